The molecule has 3 rings (SSSR count). The Hall–Kier alpha value is -2.24. The molecule has 2 N–H and O–H groups in total. The Morgan fingerprint density at radius 2 is 1.79 bits per heavy atom. The van der Waals surface area contributed by atoms with Gasteiger partial charge in [-0.2, -0.15) is 0 Å². The summed E-state index contributed by atoms with van der Waals surface area (Å²) < 4.78 is 10.5. The topological polar surface area (TPSA) is 93.1 Å². The second kappa shape index (κ2) is 4.15. The predicted octanol–water partition coefficient (Wildman–Crippen LogP) is 1.23. The van der Waals surface area contributed by atoms with Gasteiger partial charge in [-0.05, 0) is 36.1 Å². The van der Waals surface area contributed by atoms with Gasteiger partial charge < -0.3 is 19.7 Å². The molecule has 2 unspecified atom stereocenters. The third-order valence-corrected chi connectivity index (χ3v) is 3.68. The first-order valence-electron chi connectivity index (χ1n) is 5.96. The number of carboxylic acid groups (broad SMARTS) is 2. The normalized spacial score (nSPS) is 23.8. The van der Waals surface area contributed by atoms with Gasteiger partial charge in [0.1, 0.15) is 0 Å². The molecule has 0 aromatic heterocycles. The average molecular weight is 264 g/mol. The number of carboxylic acids is 2. The zero-order valence-corrected chi connectivity index (χ0v) is 9.96. The highest BCUT2D eigenvalue weighted by Gasteiger charge is 2.40. The van der Waals surface area contributed by atoms with Crippen LogP contribution < -0.4 is 9.47 Å². The Morgan fingerprint density at radius 3 is 2.42 bits per heavy atom. The third-order valence-electron chi connectivity index (χ3n) is 3.68. The van der Waals surface area contributed by atoms with Crippen LogP contribution in [0.4, 0.5) is 0 Å². The summed E-state index contributed by atoms with van der Waals surface area (Å²) in [7, 11) is 0. The molecule has 0 saturated carbocycles. The lowest BCUT2D eigenvalue weighted by Crippen LogP contribution is -2.32. The molecular formula is C13H12O6. The summed E-state index contributed by atoms with van der Waals surface area (Å²) in [6, 6.07) is 3.36. The van der Waals surface area contributed by atoms with E-state index in [1.54, 1.807) is 12.1 Å². The Bertz CT molecular complexity index is 564. The van der Waals surface area contributed by atoms with Crippen molar-refractivity contribution in [3.63, 3.8) is 0 Å². The minimum atomic E-state index is -1.12. The number of ether oxygens (including phenoxy) is 2. The number of carbonyl (C=O) groups is 2. The maximum atomic E-state index is 11.4. The molecule has 2 aliphatic rings. The van der Waals surface area contributed by atoms with Crippen molar-refractivity contribution in [1.82, 2.24) is 0 Å². The molecule has 1 aliphatic heterocycles. The van der Waals surface area contributed by atoms with E-state index in [0.717, 1.165) is 5.56 Å². The van der Waals surface area contributed by atoms with E-state index in [2.05, 4.69) is 0 Å². The fraction of sp³-hybridized carbons (Fsp3) is 0.385. The molecule has 0 amide bonds. The number of hydrogen-bond donors (Lipinski definition) is 2. The summed E-state index contributed by atoms with van der Waals surface area (Å²) in [5.41, 5.74) is 1.35. The van der Waals surface area contributed by atoms with E-state index in [-0.39, 0.29) is 6.79 Å². The molecule has 1 aromatic carbocycles. The van der Waals surface area contributed by atoms with Crippen LogP contribution in [0.2, 0.25) is 0 Å². The molecule has 0 fully saturated rings. The zero-order chi connectivity index (χ0) is 13.6. The molecule has 1 heterocycles. The van der Waals surface area contributed by atoms with Crippen LogP contribution in [0, 0.1) is 5.92 Å². The summed E-state index contributed by atoms with van der Waals surface area (Å²) in [4.78, 5) is 22.6. The molecular weight excluding hydrogens is 252 g/mol. The van der Waals surface area contributed by atoms with E-state index in [9.17, 15) is 14.7 Å². The van der Waals surface area contributed by atoms with E-state index in [4.69, 9.17) is 14.6 Å². The first kappa shape index (κ1) is 11.8. The minimum absolute atomic E-state index is 0.109. The van der Waals surface area contributed by atoms with Crippen molar-refractivity contribution in [1.29, 1.82) is 0 Å². The second-order valence-corrected chi connectivity index (χ2v) is 4.70. The van der Waals surface area contributed by atoms with Crippen LogP contribution in [0.25, 0.3) is 0 Å². The Kier molecular flexibility index (Phi) is 2.58. The highest BCUT2D eigenvalue weighted by Crippen LogP contribution is 2.43. The van der Waals surface area contributed by atoms with Gasteiger partial charge in [-0.3, -0.25) is 9.59 Å². The quantitative estimate of drug-likeness (QED) is 0.834. The van der Waals surface area contributed by atoms with Crippen molar-refractivity contribution in [2.24, 2.45) is 5.92 Å². The van der Waals surface area contributed by atoms with Gasteiger partial charge in [0.2, 0.25) is 6.79 Å². The Labute approximate surface area is 108 Å². The van der Waals surface area contributed by atoms with Crippen molar-refractivity contribution >= 4 is 11.9 Å². The van der Waals surface area contributed by atoms with Crippen molar-refractivity contribution in [3.05, 3.63) is 23.3 Å². The van der Waals surface area contributed by atoms with Gasteiger partial charge in [-0.15, -0.1) is 0 Å². The Morgan fingerprint density at radius 1 is 1.11 bits per heavy atom. The van der Waals surface area contributed by atoms with Gasteiger partial charge in [-0.25, -0.2) is 0 Å². The SMILES string of the molecule is O=C(O)C1CCc2cc3c(cc2C1C(=O)O)OCO3. The van der Waals surface area contributed by atoms with Crippen molar-refractivity contribution < 1.29 is 29.3 Å². The summed E-state index contributed by atoms with van der Waals surface area (Å²) in [5, 5.41) is 18.5. The summed E-state index contributed by atoms with van der Waals surface area (Å²) >= 11 is 0. The van der Waals surface area contributed by atoms with E-state index in [1.807, 2.05) is 0 Å². The zero-order valence-electron chi connectivity index (χ0n) is 9.96. The van der Waals surface area contributed by atoms with Crippen LogP contribution in [0.1, 0.15) is 23.5 Å². The molecule has 1 aromatic rings. The number of benzene rings is 1. The summed E-state index contributed by atoms with van der Waals surface area (Å²) in [6.45, 7) is 0.109. The van der Waals surface area contributed by atoms with Crippen LogP contribution in [-0.2, 0) is 16.0 Å². The molecule has 6 nitrogen and oxygen atoms in total. The van der Waals surface area contributed by atoms with Crippen molar-refractivity contribution in [3.8, 4) is 11.5 Å². The smallest absolute Gasteiger partial charge is 0.311 e. The van der Waals surface area contributed by atoms with Crippen LogP contribution in [0.3, 0.4) is 0 Å². The molecule has 19 heavy (non-hydrogen) atoms. The molecule has 0 saturated heterocycles. The molecule has 1 aliphatic carbocycles. The lowest BCUT2D eigenvalue weighted by molar-refractivity contribution is -0.150. The highest BCUT2D eigenvalue weighted by molar-refractivity contribution is 5.85. The van der Waals surface area contributed by atoms with Crippen LogP contribution in [0.5, 0.6) is 11.5 Å². The standard InChI is InChI=1S/C13H12O6/c14-12(15)7-2-1-6-3-9-10(19-5-18-9)4-8(6)11(7)13(16)17/h3-4,7,11H,1-2,5H2,(H,14,15)(H,16,17). The number of aryl methyl sites for hydroxylation is 1. The first-order chi connectivity index (χ1) is 9.08. The van der Waals surface area contributed by atoms with Crippen LogP contribution in [-0.4, -0.2) is 28.9 Å². The minimum Gasteiger partial charge on any atom is -0.481 e. The number of fused-ring (bicyclic) bond motifs is 2. The van der Waals surface area contributed by atoms with Gasteiger partial charge in [-0.1, -0.05) is 0 Å². The lowest BCUT2D eigenvalue weighted by atomic mass is 9.75. The Balaban J connectivity index is 2.10. The number of hydrogen-bond acceptors (Lipinski definition) is 4. The summed E-state index contributed by atoms with van der Waals surface area (Å²) in [6.07, 6.45) is 0.853. The van der Waals surface area contributed by atoms with Gasteiger partial charge in [0.25, 0.3) is 0 Å². The van der Waals surface area contributed by atoms with Gasteiger partial charge in [0.05, 0.1) is 11.8 Å². The summed E-state index contributed by atoms with van der Waals surface area (Å²) in [5.74, 6) is -3.04. The second-order valence-electron chi connectivity index (χ2n) is 4.70. The maximum Gasteiger partial charge on any atom is 0.311 e. The maximum absolute atomic E-state index is 11.4. The van der Waals surface area contributed by atoms with Gasteiger partial charge in [0, 0.05) is 0 Å². The fourth-order valence-electron chi connectivity index (χ4n) is 2.77. The monoisotopic (exact) mass is 264 g/mol. The lowest BCUT2D eigenvalue weighted by Gasteiger charge is -2.28. The van der Waals surface area contributed by atoms with E-state index in [1.165, 1.54) is 0 Å². The van der Waals surface area contributed by atoms with E-state index in [0.29, 0.717) is 29.9 Å². The largest absolute Gasteiger partial charge is 0.481 e. The molecule has 2 atom stereocenters. The first-order valence-corrected chi connectivity index (χ1v) is 5.96. The van der Waals surface area contributed by atoms with Crippen molar-refractivity contribution in [2.75, 3.05) is 6.79 Å². The van der Waals surface area contributed by atoms with Crippen LogP contribution >= 0.6 is 0 Å². The molecule has 6 heteroatoms. The fourth-order valence-corrected chi connectivity index (χ4v) is 2.77. The average Bonchev–Trinajstić information content (AvgIpc) is 2.81. The molecule has 0 spiro atoms. The molecule has 0 bridgehead atoms. The van der Waals surface area contributed by atoms with E-state index < -0.39 is 23.8 Å². The molecule has 100 valence electrons. The third kappa shape index (κ3) is 1.80. The number of rotatable bonds is 2. The molecule has 0 radical (unpaired) electrons. The van der Waals surface area contributed by atoms with Gasteiger partial charge in [0.15, 0.2) is 11.5 Å². The predicted molar refractivity (Wildman–Crippen MR) is 62.4 cm³/mol. The van der Waals surface area contributed by atoms with Gasteiger partial charge >= 0.3 is 11.9 Å². The van der Waals surface area contributed by atoms with Crippen LogP contribution in [0.15, 0.2) is 12.1 Å². The number of aliphatic carboxylic acids is 2. The van der Waals surface area contributed by atoms with Crippen molar-refractivity contribution in [2.45, 2.75) is 18.8 Å². The highest BCUT2D eigenvalue weighted by atomic mass is 16.7. The van der Waals surface area contributed by atoms with E-state index >= 15 is 0 Å².